The van der Waals surface area contributed by atoms with E-state index in [4.69, 9.17) is 9.47 Å². The van der Waals surface area contributed by atoms with E-state index in [1.807, 2.05) is 44.2 Å². The van der Waals surface area contributed by atoms with Crippen molar-refractivity contribution in [3.63, 3.8) is 0 Å². The Morgan fingerprint density at radius 3 is 2.78 bits per heavy atom. The Morgan fingerprint density at radius 1 is 1.17 bits per heavy atom. The van der Waals surface area contributed by atoms with Crippen LogP contribution in [0.2, 0.25) is 0 Å². The molecule has 0 aliphatic carbocycles. The average Bonchev–Trinajstić information content (AvgIpc) is 2.56. The lowest BCUT2D eigenvalue weighted by atomic mass is 10.0. The topological polar surface area (TPSA) is 47.6 Å². The molecule has 1 amide bonds. The lowest BCUT2D eigenvalue weighted by Crippen LogP contribution is -2.41. The molecule has 0 saturated heterocycles. The highest BCUT2D eigenvalue weighted by atomic mass is 16.6. The third kappa shape index (κ3) is 3.83. The summed E-state index contributed by atoms with van der Waals surface area (Å²) in [6, 6.07) is 13.7. The molecule has 0 bridgehead atoms. The lowest BCUT2D eigenvalue weighted by molar-refractivity contribution is -0.120. The summed E-state index contributed by atoms with van der Waals surface area (Å²) in [6.07, 6.45) is 0.227. The number of carbonyl (C=O) groups is 1. The summed E-state index contributed by atoms with van der Waals surface area (Å²) < 4.78 is 11.5. The molecule has 1 N–H and O–H groups in total. The number of fused-ring (bicyclic) bond motifs is 1. The number of rotatable bonds is 4. The maximum Gasteiger partial charge on any atom is 0.224 e. The van der Waals surface area contributed by atoms with Gasteiger partial charge in [-0.15, -0.1) is 0 Å². The van der Waals surface area contributed by atoms with Crippen LogP contribution in [0.1, 0.15) is 16.7 Å². The maximum absolute atomic E-state index is 12.2. The second-order valence-corrected chi connectivity index (χ2v) is 5.91. The average molecular weight is 311 g/mol. The number of amides is 1. The molecular weight excluding hydrogens is 290 g/mol. The molecule has 1 aliphatic rings. The SMILES string of the molecule is Cc1ccc(C)c(CC(=O)NCC2COc3ccccc3O2)c1. The molecule has 4 heteroatoms. The van der Waals surface area contributed by atoms with Crippen LogP contribution in [0, 0.1) is 13.8 Å². The van der Waals surface area contributed by atoms with Gasteiger partial charge in [-0.1, -0.05) is 35.9 Å². The predicted octanol–water partition coefficient (Wildman–Crippen LogP) is 2.80. The zero-order valence-corrected chi connectivity index (χ0v) is 13.5. The van der Waals surface area contributed by atoms with Crippen LogP contribution in [0.3, 0.4) is 0 Å². The highest BCUT2D eigenvalue weighted by Gasteiger charge is 2.21. The maximum atomic E-state index is 12.2. The van der Waals surface area contributed by atoms with Gasteiger partial charge in [0.15, 0.2) is 11.5 Å². The molecule has 1 unspecified atom stereocenters. The van der Waals surface area contributed by atoms with Crippen LogP contribution in [0.25, 0.3) is 0 Å². The van der Waals surface area contributed by atoms with E-state index in [1.54, 1.807) is 0 Å². The Balaban J connectivity index is 1.53. The van der Waals surface area contributed by atoms with E-state index in [2.05, 4.69) is 17.4 Å². The van der Waals surface area contributed by atoms with Gasteiger partial charge in [0.25, 0.3) is 0 Å². The van der Waals surface area contributed by atoms with Crippen molar-refractivity contribution in [2.75, 3.05) is 13.2 Å². The summed E-state index contributed by atoms with van der Waals surface area (Å²) in [5.41, 5.74) is 3.37. The second kappa shape index (κ2) is 6.73. The number of carbonyl (C=O) groups excluding carboxylic acids is 1. The third-order valence-electron chi connectivity index (χ3n) is 3.95. The van der Waals surface area contributed by atoms with Gasteiger partial charge < -0.3 is 14.8 Å². The predicted molar refractivity (Wildman–Crippen MR) is 89.0 cm³/mol. The minimum absolute atomic E-state index is 0.00107. The molecule has 0 radical (unpaired) electrons. The van der Waals surface area contributed by atoms with Crippen LogP contribution in [-0.2, 0) is 11.2 Å². The van der Waals surface area contributed by atoms with Crippen LogP contribution in [-0.4, -0.2) is 25.2 Å². The fourth-order valence-corrected chi connectivity index (χ4v) is 2.62. The molecule has 1 aliphatic heterocycles. The van der Waals surface area contributed by atoms with Gasteiger partial charge in [0.05, 0.1) is 13.0 Å². The summed E-state index contributed by atoms with van der Waals surface area (Å²) in [5, 5.41) is 2.93. The molecule has 1 atom stereocenters. The summed E-state index contributed by atoms with van der Waals surface area (Å²) >= 11 is 0. The van der Waals surface area contributed by atoms with Gasteiger partial charge in [-0.2, -0.15) is 0 Å². The Morgan fingerprint density at radius 2 is 1.96 bits per heavy atom. The van der Waals surface area contributed by atoms with Crippen molar-refractivity contribution in [3.8, 4) is 11.5 Å². The molecule has 120 valence electrons. The molecule has 4 nitrogen and oxygen atoms in total. The Hall–Kier alpha value is -2.49. The van der Waals surface area contributed by atoms with Crippen molar-refractivity contribution in [1.82, 2.24) is 5.32 Å². The third-order valence-corrected chi connectivity index (χ3v) is 3.95. The van der Waals surface area contributed by atoms with Gasteiger partial charge in [-0.05, 0) is 37.1 Å². The van der Waals surface area contributed by atoms with Crippen molar-refractivity contribution in [2.45, 2.75) is 26.4 Å². The first-order valence-electron chi connectivity index (χ1n) is 7.83. The van der Waals surface area contributed by atoms with Gasteiger partial charge in [0.1, 0.15) is 12.7 Å². The summed E-state index contributed by atoms with van der Waals surface area (Å²) in [7, 11) is 0. The first kappa shape index (κ1) is 15.4. The number of nitrogens with one attached hydrogen (secondary N) is 1. The Kier molecular flexibility index (Phi) is 4.51. The van der Waals surface area contributed by atoms with E-state index in [-0.39, 0.29) is 12.0 Å². The van der Waals surface area contributed by atoms with Crippen LogP contribution < -0.4 is 14.8 Å². The van der Waals surface area contributed by atoms with Crippen molar-refractivity contribution < 1.29 is 14.3 Å². The summed E-state index contributed by atoms with van der Waals surface area (Å²) in [4.78, 5) is 12.2. The quantitative estimate of drug-likeness (QED) is 0.944. The Labute approximate surface area is 136 Å². The van der Waals surface area contributed by atoms with Gasteiger partial charge in [-0.25, -0.2) is 0 Å². The van der Waals surface area contributed by atoms with Gasteiger partial charge in [-0.3, -0.25) is 4.79 Å². The van der Waals surface area contributed by atoms with E-state index in [9.17, 15) is 4.79 Å². The lowest BCUT2D eigenvalue weighted by Gasteiger charge is -2.26. The molecule has 2 aromatic rings. The molecule has 0 spiro atoms. The number of ether oxygens (including phenoxy) is 2. The first-order valence-corrected chi connectivity index (χ1v) is 7.83. The number of hydrogen-bond acceptors (Lipinski definition) is 3. The Bertz CT molecular complexity index is 712. The van der Waals surface area contributed by atoms with E-state index < -0.39 is 0 Å². The van der Waals surface area contributed by atoms with Gasteiger partial charge in [0, 0.05) is 0 Å². The van der Waals surface area contributed by atoms with Crippen LogP contribution >= 0.6 is 0 Å². The fourth-order valence-electron chi connectivity index (χ4n) is 2.62. The smallest absolute Gasteiger partial charge is 0.224 e. The number of para-hydroxylation sites is 2. The highest BCUT2D eigenvalue weighted by molar-refractivity contribution is 5.79. The van der Waals surface area contributed by atoms with Crippen LogP contribution in [0.5, 0.6) is 11.5 Å². The zero-order valence-electron chi connectivity index (χ0n) is 13.5. The van der Waals surface area contributed by atoms with Crippen molar-refractivity contribution in [1.29, 1.82) is 0 Å². The minimum Gasteiger partial charge on any atom is -0.486 e. The van der Waals surface area contributed by atoms with E-state index in [0.717, 1.165) is 22.6 Å². The van der Waals surface area contributed by atoms with Crippen LogP contribution in [0.15, 0.2) is 42.5 Å². The first-order chi connectivity index (χ1) is 11.1. The molecule has 0 fully saturated rings. The molecule has 2 aromatic carbocycles. The van der Waals surface area contributed by atoms with Crippen LogP contribution in [0.4, 0.5) is 0 Å². The fraction of sp³-hybridized carbons (Fsp3) is 0.316. The number of benzene rings is 2. The van der Waals surface area contributed by atoms with E-state index in [1.165, 1.54) is 5.56 Å². The molecule has 1 heterocycles. The number of aryl methyl sites for hydroxylation is 2. The summed E-state index contributed by atoms with van der Waals surface area (Å²) in [5.74, 6) is 1.49. The number of hydrogen-bond donors (Lipinski definition) is 1. The summed E-state index contributed by atoms with van der Waals surface area (Å²) in [6.45, 7) is 4.95. The zero-order chi connectivity index (χ0) is 16.2. The molecule has 23 heavy (non-hydrogen) atoms. The molecule has 3 rings (SSSR count). The van der Waals surface area contributed by atoms with Crippen molar-refractivity contribution in [2.24, 2.45) is 0 Å². The van der Waals surface area contributed by atoms with Gasteiger partial charge in [0.2, 0.25) is 5.91 Å². The normalized spacial score (nSPS) is 16.0. The van der Waals surface area contributed by atoms with Crippen molar-refractivity contribution in [3.05, 3.63) is 59.2 Å². The monoisotopic (exact) mass is 311 g/mol. The molecule has 0 aromatic heterocycles. The standard InChI is InChI=1S/C19H21NO3/c1-13-7-8-14(2)15(9-13)10-19(21)20-11-16-12-22-17-5-3-4-6-18(17)23-16/h3-9,16H,10-12H2,1-2H3,(H,20,21). The molecular formula is C19H21NO3. The van der Waals surface area contributed by atoms with Gasteiger partial charge >= 0.3 is 0 Å². The van der Waals surface area contributed by atoms with E-state index >= 15 is 0 Å². The van der Waals surface area contributed by atoms with Crippen molar-refractivity contribution >= 4 is 5.91 Å². The second-order valence-electron chi connectivity index (χ2n) is 5.91. The van der Waals surface area contributed by atoms with E-state index in [0.29, 0.717) is 19.6 Å². The minimum atomic E-state index is -0.160. The molecule has 0 saturated carbocycles. The highest BCUT2D eigenvalue weighted by Crippen LogP contribution is 2.30. The largest absolute Gasteiger partial charge is 0.486 e.